The molecule has 0 fully saturated rings. The van der Waals surface area contributed by atoms with Crippen molar-refractivity contribution in [2.75, 3.05) is 9.80 Å². The van der Waals surface area contributed by atoms with E-state index in [1.165, 1.54) is 49.9 Å². The predicted molar refractivity (Wildman–Crippen MR) is 337 cm³/mol. The highest BCUT2D eigenvalue weighted by Crippen LogP contribution is 2.54. The highest BCUT2D eigenvalue weighted by molar-refractivity contribution is 7.00. The number of para-hydroxylation sites is 2. The Morgan fingerprint density at radius 2 is 0.582 bits per heavy atom. The van der Waals surface area contributed by atoms with Crippen LogP contribution in [0.15, 0.2) is 291 Å². The molecule has 374 valence electrons. The van der Waals surface area contributed by atoms with Crippen LogP contribution in [0.4, 0.5) is 34.1 Å². The van der Waals surface area contributed by atoms with Crippen LogP contribution in [0.3, 0.4) is 0 Å². The van der Waals surface area contributed by atoms with Crippen LogP contribution >= 0.6 is 0 Å². The van der Waals surface area contributed by atoms with Gasteiger partial charge in [-0.3, -0.25) is 0 Å². The SMILES string of the molecule is CC(C)(C)c1cc2c(cc1-c1ccccc1)B1c3ccc(-c4ccccc4)cc3N(c3c(-c4ccccc4)cccc3-c3ccccc3)c3cc(-c4ccccc4)cc(c31)N2c1c(-c2ccccc2)cccc1-c1ccccc1. The molecule has 0 atom stereocenters. The van der Waals surface area contributed by atoms with E-state index in [1.54, 1.807) is 0 Å². The molecule has 2 heterocycles. The predicted octanol–water partition coefficient (Wildman–Crippen LogP) is 18.7. The molecule has 14 rings (SSSR count). The molecular formula is C76H57BN2. The molecule has 2 nitrogen and oxygen atoms in total. The van der Waals surface area contributed by atoms with Crippen LogP contribution in [0.2, 0.25) is 0 Å². The summed E-state index contributed by atoms with van der Waals surface area (Å²) in [5.74, 6) is 0. The van der Waals surface area contributed by atoms with Crippen molar-refractivity contribution in [2.24, 2.45) is 0 Å². The van der Waals surface area contributed by atoms with E-state index in [2.05, 4.69) is 322 Å². The van der Waals surface area contributed by atoms with Crippen molar-refractivity contribution in [3.63, 3.8) is 0 Å². The minimum Gasteiger partial charge on any atom is -0.310 e. The van der Waals surface area contributed by atoms with E-state index in [1.807, 2.05) is 0 Å². The minimum absolute atomic E-state index is 0.165. The van der Waals surface area contributed by atoms with Gasteiger partial charge in [0.15, 0.2) is 0 Å². The third-order valence-corrected chi connectivity index (χ3v) is 16.2. The van der Waals surface area contributed by atoms with Gasteiger partial charge in [-0.2, -0.15) is 0 Å². The fourth-order valence-corrected chi connectivity index (χ4v) is 12.6. The first-order valence-electron chi connectivity index (χ1n) is 27.6. The second-order valence-corrected chi connectivity index (χ2v) is 22.0. The first-order valence-corrected chi connectivity index (χ1v) is 27.6. The Balaban J connectivity index is 1.20. The van der Waals surface area contributed by atoms with Gasteiger partial charge in [-0.15, -0.1) is 0 Å². The summed E-state index contributed by atoms with van der Waals surface area (Å²) in [6, 6.07) is 108. The molecule has 3 heteroatoms. The third-order valence-electron chi connectivity index (χ3n) is 16.2. The third kappa shape index (κ3) is 8.38. The topological polar surface area (TPSA) is 6.48 Å². The Hall–Kier alpha value is -9.70. The first-order chi connectivity index (χ1) is 38.9. The molecule has 0 spiro atoms. The van der Waals surface area contributed by atoms with Gasteiger partial charge in [-0.25, -0.2) is 0 Å². The second kappa shape index (κ2) is 19.7. The molecule has 0 radical (unpaired) electrons. The molecule has 0 aromatic heterocycles. The van der Waals surface area contributed by atoms with Crippen molar-refractivity contribution in [3.8, 4) is 77.9 Å². The van der Waals surface area contributed by atoms with Crippen LogP contribution in [0, 0.1) is 0 Å². The van der Waals surface area contributed by atoms with E-state index >= 15 is 0 Å². The van der Waals surface area contributed by atoms with Crippen molar-refractivity contribution in [1.82, 2.24) is 0 Å². The molecule has 2 aliphatic rings. The van der Waals surface area contributed by atoms with Crippen LogP contribution in [-0.4, -0.2) is 6.71 Å². The maximum Gasteiger partial charge on any atom is 0.252 e. The van der Waals surface area contributed by atoms with E-state index in [0.717, 1.165) is 84.1 Å². The summed E-state index contributed by atoms with van der Waals surface area (Å²) in [7, 11) is 0. The summed E-state index contributed by atoms with van der Waals surface area (Å²) in [4.78, 5) is 5.33. The summed E-state index contributed by atoms with van der Waals surface area (Å²) in [6.45, 7) is 6.94. The molecule has 0 aliphatic carbocycles. The van der Waals surface area contributed by atoms with Crippen molar-refractivity contribution in [1.29, 1.82) is 0 Å². The Labute approximate surface area is 465 Å². The van der Waals surface area contributed by atoms with Crippen molar-refractivity contribution < 1.29 is 0 Å². The Morgan fingerprint density at radius 3 is 0.962 bits per heavy atom. The lowest BCUT2D eigenvalue weighted by molar-refractivity contribution is 0.592. The Morgan fingerprint density at radius 1 is 0.253 bits per heavy atom. The minimum atomic E-state index is -0.217. The summed E-state index contributed by atoms with van der Waals surface area (Å²) >= 11 is 0. The number of fused-ring (bicyclic) bond motifs is 4. The van der Waals surface area contributed by atoms with E-state index in [4.69, 9.17) is 0 Å². The average molecular weight is 1010 g/mol. The maximum atomic E-state index is 2.68. The molecule has 0 bridgehead atoms. The summed E-state index contributed by atoms with van der Waals surface area (Å²) < 4.78 is 0. The molecular weight excluding hydrogens is 952 g/mol. The fourth-order valence-electron chi connectivity index (χ4n) is 12.6. The molecule has 12 aromatic carbocycles. The Kier molecular flexibility index (Phi) is 11.9. The van der Waals surface area contributed by atoms with Crippen LogP contribution in [0.25, 0.3) is 77.9 Å². The van der Waals surface area contributed by atoms with E-state index in [9.17, 15) is 0 Å². The zero-order valence-corrected chi connectivity index (χ0v) is 44.7. The van der Waals surface area contributed by atoms with Gasteiger partial charge in [-0.1, -0.05) is 288 Å². The van der Waals surface area contributed by atoms with E-state index < -0.39 is 0 Å². The van der Waals surface area contributed by atoms with Crippen LogP contribution in [0.1, 0.15) is 26.3 Å². The van der Waals surface area contributed by atoms with Crippen molar-refractivity contribution in [2.45, 2.75) is 26.2 Å². The lowest BCUT2D eigenvalue weighted by Crippen LogP contribution is -2.61. The first kappa shape index (κ1) is 47.7. The molecule has 0 saturated heterocycles. The van der Waals surface area contributed by atoms with Gasteiger partial charge in [0.2, 0.25) is 0 Å². The number of rotatable bonds is 9. The molecule has 2 aliphatic heterocycles. The van der Waals surface area contributed by atoms with Crippen LogP contribution < -0.4 is 26.2 Å². The quantitative estimate of drug-likeness (QED) is 0.133. The summed E-state index contributed by atoms with van der Waals surface area (Å²) in [6.07, 6.45) is 0. The number of nitrogens with zero attached hydrogens (tertiary/aromatic N) is 2. The number of hydrogen-bond acceptors (Lipinski definition) is 2. The standard InChI is InChI=1S/C76H57BN2/c1-76(2,3)66-51-70-68(50-65(66)58-39-23-10-24-40-58)77-67-46-45-59(52-27-11-4-12-28-52)47-69(67)78(74-61(54-31-15-6-16-32-54)41-25-42-62(74)55-33-17-7-18-34-55)71-48-60(53-29-13-5-14-30-53)49-72(73(71)77)79(70)75-63(56-35-19-8-20-36-56)43-26-44-64(75)57-37-21-9-22-38-57/h4-51H,1-3H3. The van der Waals surface area contributed by atoms with Gasteiger partial charge < -0.3 is 9.80 Å². The lowest BCUT2D eigenvalue weighted by Gasteiger charge is -2.46. The molecule has 0 unspecified atom stereocenters. The molecule has 0 saturated carbocycles. The van der Waals surface area contributed by atoms with Gasteiger partial charge in [-0.05, 0) is 107 Å². The normalized spacial score (nSPS) is 12.4. The van der Waals surface area contributed by atoms with Gasteiger partial charge in [0.05, 0.1) is 11.4 Å². The fraction of sp³-hybridized carbons (Fsp3) is 0.0526. The zero-order chi connectivity index (χ0) is 53.0. The molecule has 79 heavy (non-hydrogen) atoms. The Bertz CT molecular complexity index is 4080. The van der Waals surface area contributed by atoms with Gasteiger partial charge in [0.25, 0.3) is 6.71 Å². The molecule has 0 N–H and O–H groups in total. The van der Waals surface area contributed by atoms with Crippen LogP contribution in [-0.2, 0) is 5.41 Å². The maximum absolute atomic E-state index is 2.68. The summed E-state index contributed by atoms with van der Waals surface area (Å²) in [5.41, 5.74) is 28.2. The summed E-state index contributed by atoms with van der Waals surface area (Å²) in [5, 5.41) is 0. The van der Waals surface area contributed by atoms with Crippen molar-refractivity contribution in [3.05, 3.63) is 297 Å². The lowest BCUT2D eigenvalue weighted by atomic mass is 9.33. The smallest absolute Gasteiger partial charge is 0.252 e. The van der Waals surface area contributed by atoms with Crippen molar-refractivity contribution >= 4 is 57.2 Å². The van der Waals surface area contributed by atoms with Gasteiger partial charge in [0, 0.05) is 45.0 Å². The highest BCUT2D eigenvalue weighted by Gasteiger charge is 2.46. The van der Waals surface area contributed by atoms with Gasteiger partial charge >= 0.3 is 0 Å². The number of hydrogen-bond donors (Lipinski definition) is 0. The monoisotopic (exact) mass is 1010 g/mol. The average Bonchev–Trinajstić information content (AvgIpc) is 2.82. The van der Waals surface area contributed by atoms with Gasteiger partial charge in [0.1, 0.15) is 0 Å². The molecule has 12 aromatic rings. The van der Waals surface area contributed by atoms with Crippen LogP contribution in [0.5, 0.6) is 0 Å². The highest BCUT2D eigenvalue weighted by atomic mass is 15.2. The number of anilines is 6. The van der Waals surface area contributed by atoms with E-state index in [0.29, 0.717) is 0 Å². The zero-order valence-electron chi connectivity index (χ0n) is 44.7. The molecule has 0 amide bonds. The second-order valence-electron chi connectivity index (χ2n) is 22.0. The van der Waals surface area contributed by atoms with E-state index in [-0.39, 0.29) is 12.1 Å². The largest absolute Gasteiger partial charge is 0.310 e. The number of benzene rings is 12.